The number of nitrogens with one attached hydrogen (secondary N) is 2. The first-order valence-electron chi connectivity index (χ1n) is 7.38. The number of urea groups is 1. The van der Waals surface area contributed by atoms with E-state index < -0.39 is 49.7 Å². The molecule has 144 valence electrons. The molecule has 0 aromatic heterocycles. The molecule has 11 nitrogen and oxygen atoms in total. The molecule has 0 aromatic rings. The van der Waals surface area contributed by atoms with E-state index in [1.54, 1.807) is 6.92 Å². The van der Waals surface area contributed by atoms with E-state index in [9.17, 15) is 18.5 Å². The van der Waals surface area contributed by atoms with E-state index in [1.165, 1.54) is 6.92 Å². The van der Waals surface area contributed by atoms with Gasteiger partial charge in [-0.3, -0.25) is 19.1 Å². The van der Waals surface area contributed by atoms with Gasteiger partial charge < -0.3 is 25.6 Å². The number of rotatable bonds is 9. The number of ether oxygens (including phenoxy) is 1. The highest BCUT2D eigenvalue weighted by Crippen LogP contribution is 2.34. The van der Waals surface area contributed by atoms with Crippen molar-refractivity contribution < 1.29 is 37.9 Å². The van der Waals surface area contributed by atoms with E-state index in [2.05, 4.69) is 5.32 Å². The Balaban J connectivity index is 2.73. The van der Waals surface area contributed by atoms with Crippen LogP contribution in [0.2, 0.25) is 0 Å². The van der Waals surface area contributed by atoms with E-state index in [1.807, 2.05) is 5.48 Å². The first-order chi connectivity index (χ1) is 11.6. The fraction of sp³-hybridized carbons (Fsp3) is 0.667. The maximum Gasteiger partial charge on any atom is 0.350 e. The minimum atomic E-state index is -4.37. The van der Waals surface area contributed by atoms with Gasteiger partial charge in [-0.05, 0) is 13.3 Å². The van der Waals surface area contributed by atoms with E-state index in [-0.39, 0.29) is 13.2 Å². The Morgan fingerprint density at radius 1 is 1.56 bits per heavy atom. The third-order valence-corrected chi connectivity index (χ3v) is 3.49. The summed E-state index contributed by atoms with van der Waals surface area (Å²) in [6.07, 6.45) is -2.62. The Bertz CT molecular complexity index is 582. The molecule has 1 unspecified atom stereocenters. The van der Waals surface area contributed by atoms with Crippen LogP contribution < -0.4 is 16.5 Å². The summed E-state index contributed by atoms with van der Waals surface area (Å²) in [5, 5.41) is 2.06. The zero-order valence-electron chi connectivity index (χ0n) is 13.8. The monoisotopic (exact) mass is 384 g/mol. The summed E-state index contributed by atoms with van der Waals surface area (Å²) in [4.78, 5) is 46.9. The van der Waals surface area contributed by atoms with Crippen molar-refractivity contribution in [1.82, 2.24) is 15.7 Å². The highest BCUT2D eigenvalue weighted by Gasteiger charge is 2.36. The minimum Gasteiger partial charge on any atom is -0.364 e. The zero-order valence-corrected chi connectivity index (χ0v) is 14.7. The molecule has 0 spiro atoms. The van der Waals surface area contributed by atoms with Crippen LogP contribution in [0, 0.1) is 0 Å². The van der Waals surface area contributed by atoms with Crippen molar-refractivity contribution in [3.05, 3.63) is 11.5 Å². The van der Waals surface area contributed by atoms with Gasteiger partial charge in [-0.2, -0.15) is 0 Å². The molecule has 1 heterocycles. The van der Waals surface area contributed by atoms with Gasteiger partial charge in [-0.1, -0.05) is 6.92 Å². The largest absolute Gasteiger partial charge is 0.364 e. The summed E-state index contributed by atoms with van der Waals surface area (Å²) in [6.45, 7) is 3.19. The summed E-state index contributed by atoms with van der Waals surface area (Å²) >= 11 is 0. The number of amides is 3. The molecule has 2 atom stereocenters. The number of carbonyl (C=O) groups is 2. The molecule has 1 aliphatic heterocycles. The van der Waals surface area contributed by atoms with Crippen LogP contribution in [0.5, 0.6) is 0 Å². The smallest absolute Gasteiger partial charge is 0.350 e. The predicted octanol–water partition coefficient (Wildman–Crippen LogP) is -0.524. The zero-order chi connectivity index (χ0) is 19.2. The Labute approximate surface area is 143 Å². The molecule has 1 aliphatic rings. The quantitative estimate of drug-likeness (QED) is 0.201. The van der Waals surface area contributed by atoms with Gasteiger partial charge >= 0.3 is 13.6 Å². The van der Waals surface area contributed by atoms with Crippen LogP contribution >= 0.6 is 7.60 Å². The van der Waals surface area contributed by atoms with Gasteiger partial charge in [-0.15, -0.1) is 0 Å². The molecular formula is C12H22FN4O7P. The van der Waals surface area contributed by atoms with Crippen molar-refractivity contribution in [2.75, 3.05) is 19.5 Å². The number of nitrogens with zero attached hydrogens (tertiary/aromatic N) is 1. The SMILES string of the molecule is CCCONC(=O)C1=C(F)C(N)N(C[C@@H](C)OCP(=O)(O)O)C(=O)N1. The lowest BCUT2D eigenvalue weighted by Crippen LogP contribution is -2.58. The second-order valence-electron chi connectivity index (χ2n) is 5.30. The Morgan fingerprint density at radius 2 is 2.20 bits per heavy atom. The highest BCUT2D eigenvalue weighted by molar-refractivity contribution is 7.51. The molecule has 0 fully saturated rings. The molecule has 3 amide bonds. The third-order valence-electron chi connectivity index (χ3n) is 3.01. The second-order valence-corrected chi connectivity index (χ2v) is 6.89. The van der Waals surface area contributed by atoms with Crippen molar-refractivity contribution in [1.29, 1.82) is 0 Å². The summed E-state index contributed by atoms with van der Waals surface area (Å²) in [5.74, 6) is -2.07. The molecule has 13 heteroatoms. The molecule has 1 rings (SSSR count). The summed E-state index contributed by atoms with van der Waals surface area (Å²) in [5.41, 5.74) is 6.95. The van der Waals surface area contributed by atoms with Crippen molar-refractivity contribution in [2.24, 2.45) is 5.73 Å². The van der Waals surface area contributed by atoms with Gasteiger partial charge in [0.05, 0.1) is 19.3 Å². The topological polar surface area (TPSA) is 163 Å². The van der Waals surface area contributed by atoms with Crippen LogP contribution in [0.25, 0.3) is 0 Å². The predicted molar refractivity (Wildman–Crippen MR) is 83.2 cm³/mol. The summed E-state index contributed by atoms with van der Waals surface area (Å²) in [7, 11) is -4.37. The normalized spacial score (nSPS) is 19.7. The second kappa shape index (κ2) is 9.22. The number of hydrogen-bond donors (Lipinski definition) is 5. The Hall–Kier alpha value is -1.56. The average molecular weight is 384 g/mol. The van der Waals surface area contributed by atoms with Crippen molar-refractivity contribution in [3.63, 3.8) is 0 Å². The lowest BCUT2D eigenvalue weighted by molar-refractivity contribution is -0.130. The van der Waals surface area contributed by atoms with Gasteiger partial charge in [0.15, 0.2) is 5.83 Å². The van der Waals surface area contributed by atoms with Crippen LogP contribution in [0.15, 0.2) is 11.5 Å². The average Bonchev–Trinajstić information content (AvgIpc) is 2.52. The Kier molecular flexibility index (Phi) is 7.93. The lowest BCUT2D eigenvalue weighted by atomic mass is 10.2. The van der Waals surface area contributed by atoms with Crippen LogP contribution in [0.4, 0.5) is 9.18 Å². The van der Waals surface area contributed by atoms with Gasteiger partial charge in [0, 0.05) is 0 Å². The van der Waals surface area contributed by atoms with E-state index in [0.717, 1.165) is 4.90 Å². The fourth-order valence-electron chi connectivity index (χ4n) is 1.83. The molecule has 0 aromatic carbocycles. The van der Waals surface area contributed by atoms with E-state index >= 15 is 0 Å². The maximum absolute atomic E-state index is 14.3. The van der Waals surface area contributed by atoms with Crippen molar-refractivity contribution >= 4 is 19.5 Å². The van der Waals surface area contributed by atoms with Crippen molar-refractivity contribution in [2.45, 2.75) is 32.5 Å². The van der Waals surface area contributed by atoms with Crippen LogP contribution in [0.1, 0.15) is 20.3 Å². The van der Waals surface area contributed by atoms with Crippen LogP contribution in [-0.4, -0.2) is 58.4 Å². The molecule has 25 heavy (non-hydrogen) atoms. The number of nitrogens with two attached hydrogens (primary N) is 1. The standard InChI is InChI=1S/C12H22FN4O7P/c1-3-4-24-16-11(18)9-8(13)10(14)17(12(19)15-9)5-7(2)23-6-25(20,21)22/h7,10H,3-6,14H2,1-2H3,(H,15,19)(H,16,18)(H2,20,21,22)/t7-,10?/m1/s1. The van der Waals surface area contributed by atoms with E-state index in [0.29, 0.717) is 6.42 Å². The van der Waals surface area contributed by atoms with Crippen LogP contribution in [0.3, 0.4) is 0 Å². The summed E-state index contributed by atoms with van der Waals surface area (Å²) in [6, 6.07) is -0.860. The fourth-order valence-corrected chi connectivity index (χ4v) is 2.28. The molecule has 0 bridgehead atoms. The molecule has 0 saturated heterocycles. The first kappa shape index (κ1) is 21.5. The molecule has 0 saturated carbocycles. The molecule has 6 N–H and O–H groups in total. The maximum atomic E-state index is 14.3. The number of halogens is 1. The summed E-state index contributed by atoms with van der Waals surface area (Å²) < 4.78 is 29.9. The molecular weight excluding hydrogens is 362 g/mol. The number of hydroxylamine groups is 1. The highest BCUT2D eigenvalue weighted by atomic mass is 31.2. The van der Waals surface area contributed by atoms with Gasteiger partial charge in [0.2, 0.25) is 0 Å². The van der Waals surface area contributed by atoms with Crippen LogP contribution in [-0.2, 0) is 18.9 Å². The molecule has 0 aliphatic carbocycles. The number of hydrogen-bond acceptors (Lipinski definition) is 6. The van der Waals surface area contributed by atoms with Crippen molar-refractivity contribution in [3.8, 4) is 0 Å². The van der Waals surface area contributed by atoms with Gasteiger partial charge in [0.25, 0.3) is 5.91 Å². The van der Waals surface area contributed by atoms with E-state index in [4.69, 9.17) is 25.1 Å². The molecule has 0 radical (unpaired) electrons. The first-order valence-corrected chi connectivity index (χ1v) is 9.17. The Morgan fingerprint density at radius 3 is 2.76 bits per heavy atom. The third kappa shape index (κ3) is 6.69. The minimum absolute atomic E-state index is 0.210. The lowest BCUT2D eigenvalue weighted by Gasteiger charge is -2.34. The van der Waals surface area contributed by atoms with Gasteiger partial charge in [0.1, 0.15) is 18.2 Å². The number of carbonyl (C=O) groups excluding carboxylic acids is 2. The van der Waals surface area contributed by atoms with Gasteiger partial charge in [-0.25, -0.2) is 14.7 Å².